The highest BCUT2D eigenvalue weighted by molar-refractivity contribution is 7.13. The van der Waals surface area contributed by atoms with Gasteiger partial charge in [0.2, 0.25) is 5.13 Å². The van der Waals surface area contributed by atoms with E-state index in [1.165, 1.54) is 11.3 Å². The molecule has 2 aromatic rings. The molecule has 2 rings (SSSR count). The summed E-state index contributed by atoms with van der Waals surface area (Å²) in [4.78, 5) is 12.0. The summed E-state index contributed by atoms with van der Waals surface area (Å²) in [6, 6.07) is 5.61. The molecule has 0 bridgehead atoms. The predicted molar refractivity (Wildman–Crippen MR) is 68.6 cm³/mol. The van der Waals surface area contributed by atoms with Crippen LogP contribution in [0.15, 0.2) is 23.7 Å². The Labute approximate surface area is 103 Å². The van der Waals surface area contributed by atoms with Crippen molar-refractivity contribution in [3.63, 3.8) is 0 Å². The Balaban J connectivity index is 2.24. The fourth-order valence-electron chi connectivity index (χ4n) is 1.45. The van der Waals surface area contributed by atoms with Crippen molar-refractivity contribution in [3.8, 4) is 0 Å². The third-order valence-corrected chi connectivity index (χ3v) is 2.88. The second-order valence-electron chi connectivity index (χ2n) is 3.50. The molecule has 0 unspecified atom stereocenters. The van der Waals surface area contributed by atoms with E-state index in [2.05, 4.69) is 20.8 Å². The number of aryl methyl sites for hydroxylation is 1. The monoisotopic (exact) mass is 248 g/mol. The van der Waals surface area contributed by atoms with Crippen molar-refractivity contribution < 1.29 is 4.79 Å². The maximum Gasteiger partial charge on any atom is 0.259 e. The summed E-state index contributed by atoms with van der Waals surface area (Å²) in [7, 11) is 1.79. The highest BCUT2D eigenvalue weighted by Crippen LogP contribution is 2.19. The van der Waals surface area contributed by atoms with Gasteiger partial charge in [-0.3, -0.25) is 10.1 Å². The summed E-state index contributed by atoms with van der Waals surface area (Å²) in [5.41, 5.74) is 4.06. The number of nitrogens with zero attached hydrogens (tertiary/aromatic N) is 2. The second kappa shape index (κ2) is 4.92. The van der Waals surface area contributed by atoms with Crippen molar-refractivity contribution in [1.82, 2.24) is 10.2 Å². The SMILES string of the molecule is CNc1cc(C)ccc1C(=O)Nc1nncs1. The zero-order valence-electron chi connectivity index (χ0n) is 9.52. The summed E-state index contributed by atoms with van der Waals surface area (Å²) in [6.07, 6.45) is 0. The number of amides is 1. The lowest BCUT2D eigenvalue weighted by atomic mass is 10.1. The van der Waals surface area contributed by atoms with Gasteiger partial charge in [-0.05, 0) is 24.6 Å². The van der Waals surface area contributed by atoms with E-state index in [0.717, 1.165) is 11.3 Å². The molecule has 0 fully saturated rings. The lowest BCUT2D eigenvalue weighted by molar-refractivity contribution is 0.102. The largest absolute Gasteiger partial charge is 0.387 e. The van der Waals surface area contributed by atoms with Gasteiger partial charge in [-0.1, -0.05) is 17.4 Å². The maximum atomic E-state index is 12.0. The molecule has 1 heterocycles. The zero-order valence-corrected chi connectivity index (χ0v) is 10.3. The van der Waals surface area contributed by atoms with E-state index in [0.29, 0.717) is 10.7 Å². The molecule has 0 atom stereocenters. The lowest BCUT2D eigenvalue weighted by Crippen LogP contribution is -2.14. The number of anilines is 2. The molecule has 0 aliphatic heterocycles. The molecule has 2 N–H and O–H groups in total. The van der Waals surface area contributed by atoms with E-state index < -0.39 is 0 Å². The van der Waals surface area contributed by atoms with Gasteiger partial charge in [0.05, 0.1) is 5.56 Å². The molecular formula is C11H12N4OS. The molecule has 0 radical (unpaired) electrons. The summed E-state index contributed by atoms with van der Waals surface area (Å²) in [5.74, 6) is -0.189. The Morgan fingerprint density at radius 2 is 2.24 bits per heavy atom. The quantitative estimate of drug-likeness (QED) is 0.873. The maximum absolute atomic E-state index is 12.0. The number of nitrogens with one attached hydrogen (secondary N) is 2. The van der Waals surface area contributed by atoms with Crippen LogP contribution in [-0.2, 0) is 0 Å². The van der Waals surface area contributed by atoms with Crippen LogP contribution in [0.2, 0.25) is 0 Å². The van der Waals surface area contributed by atoms with Gasteiger partial charge in [-0.2, -0.15) is 0 Å². The molecule has 1 amide bonds. The van der Waals surface area contributed by atoms with Crippen molar-refractivity contribution in [2.45, 2.75) is 6.92 Å². The van der Waals surface area contributed by atoms with E-state index in [4.69, 9.17) is 0 Å². The number of carbonyl (C=O) groups is 1. The first-order chi connectivity index (χ1) is 8.20. The zero-order chi connectivity index (χ0) is 12.3. The van der Waals surface area contributed by atoms with Gasteiger partial charge in [0.15, 0.2) is 0 Å². The first kappa shape index (κ1) is 11.5. The lowest BCUT2D eigenvalue weighted by Gasteiger charge is -2.09. The number of carbonyl (C=O) groups excluding carboxylic acids is 1. The third kappa shape index (κ3) is 2.59. The van der Waals surface area contributed by atoms with Crippen LogP contribution in [0.25, 0.3) is 0 Å². The molecule has 0 aliphatic rings. The Bertz CT molecular complexity index is 524. The van der Waals surface area contributed by atoms with Crippen LogP contribution >= 0.6 is 11.3 Å². The van der Waals surface area contributed by atoms with Gasteiger partial charge in [0, 0.05) is 12.7 Å². The summed E-state index contributed by atoms with van der Waals surface area (Å²) >= 11 is 1.29. The van der Waals surface area contributed by atoms with Crippen LogP contribution in [0, 0.1) is 6.92 Å². The van der Waals surface area contributed by atoms with Crippen LogP contribution in [0.1, 0.15) is 15.9 Å². The minimum absolute atomic E-state index is 0.189. The number of hydrogen-bond donors (Lipinski definition) is 2. The summed E-state index contributed by atoms with van der Waals surface area (Å²) in [6.45, 7) is 1.98. The van der Waals surface area contributed by atoms with Crippen molar-refractivity contribution in [3.05, 3.63) is 34.8 Å². The average molecular weight is 248 g/mol. The van der Waals surface area contributed by atoms with E-state index in [1.807, 2.05) is 19.1 Å². The van der Waals surface area contributed by atoms with Crippen LogP contribution in [0.5, 0.6) is 0 Å². The predicted octanol–water partition coefficient (Wildman–Crippen LogP) is 2.14. The molecule has 0 saturated heterocycles. The number of hydrogen-bond acceptors (Lipinski definition) is 5. The standard InChI is InChI=1S/C11H12N4OS/c1-7-3-4-8(9(5-7)12-2)10(16)14-11-15-13-6-17-11/h3-6,12H,1-2H3,(H,14,15,16). The van der Waals surface area contributed by atoms with E-state index >= 15 is 0 Å². The van der Waals surface area contributed by atoms with Crippen molar-refractivity contribution >= 4 is 28.1 Å². The Morgan fingerprint density at radius 3 is 2.88 bits per heavy atom. The van der Waals surface area contributed by atoms with Gasteiger partial charge in [-0.25, -0.2) is 0 Å². The highest BCUT2D eigenvalue weighted by Gasteiger charge is 2.12. The molecule has 1 aromatic heterocycles. The molecule has 1 aromatic carbocycles. The average Bonchev–Trinajstić information content (AvgIpc) is 2.81. The first-order valence-electron chi connectivity index (χ1n) is 5.06. The molecule has 17 heavy (non-hydrogen) atoms. The smallest absolute Gasteiger partial charge is 0.259 e. The Hall–Kier alpha value is -1.95. The fourth-order valence-corrected chi connectivity index (χ4v) is 1.89. The Kier molecular flexibility index (Phi) is 3.34. The van der Waals surface area contributed by atoms with Gasteiger partial charge in [-0.15, -0.1) is 10.2 Å². The minimum Gasteiger partial charge on any atom is -0.387 e. The van der Waals surface area contributed by atoms with E-state index in [1.54, 1.807) is 18.6 Å². The van der Waals surface area contributed by atoms with Gasteiger partial charge >= 0.3 is 0 Å². The third-order valence-electron chi connectivity index (χ3n) is 2.27. The molecule has 6 heteroatoms. The topological polar surface area (TPSA) is 66.9 Å². The normalized spacial score (nSPS) is 10.0. The molecule has 88 valence electrons. The van der Waals surface area contributed by atoms with E-state index in [9.17, 15) is 4.79 Å². The summed E-state index contributed by atoms with van der Waals surface area (Å²) in [5, 5.41) is 13.6. The molecular weight excluding hydrogens is 236 g/mol. The van der Waals surface area contributed by atoms with Crippen molar-refractivity contribution in [2.75, 3.05) is 17.7 Å². The Morgan fingerprint density at radius 1 is 1.41 bits per heavy atom. The molecule has 5 nitrogen and oxygen atoms in total. The first-order valence-corrected chi connectivity index (χ1v) is 5.94. The molecule has 0 aliphatic carbocycles. The van der Waals surface area contributed by atoms with Crippen molar-refractivity contribution in [1.29, 1.82) is 0 Å². The number of rotatable bonds is 3. The van der Waals surface area contributed by atoms with Crippen LogP contribution in [0.3, 0.4) is 0 Å². The van der Waals surface area contributed by atoms with Crippen LogP contribution < -0.4 is 10.6 Å². The highest BCUT2D eigenvalue weighted by atomic mass is 32.1. The molecule has 0 spiro atoms. The van der Waals surface area contributed by atoms with Crippen LogP contribution in [0.4, 0.5) is 10.8 Å². The minimum atomic E-state index is -0.189. The number of aromatic nitrogens is 2. The second-order valence-corrected chi connectivity index (χ2v) is 4.33. The fraction of sp³-hybridized carbons (Fsp3) is 0.182. The number of benzene rings is 1. The van der Waals surface area contributed by atoms with Crippen molar-refractivity contribution in [2.24, 2.45) is 0 Å². The van der Waals surface area contributed by atoms with Gasteiger partial charge in [0.1, 0.15) is 5.51 Å². The van der Waals surface area contributed by atoms with E-state index in [-0.39, 0.29) is 5.91 Å². The summed E-state index contributed by atoms with van der Waals surface area (Å²) < 4.78 is 0. The van der Waals surface area contributed by atoms with Gasteiger partial charge < -0.3 is 5.32 Å². The van der Waals surface area contributed by atoms with Gasteiger partial charge in [0.25, 0.3) is 5.91 Å². The van der Waals surface area contributed by atoms with Crippen LogP contribution in [-0.4, -0.2) is 23.2 Å². The molecule has 0 saturated carbocycles.